The summed E-state index contributed by atoms with van der Waals surface area (Å²) in [6.07, 6.45) is 0. The van der Waals surface area contributed by atoms with Gasteiger partial charge < -0.3 is 9.32 Å². The molecule has 0 fully saturated rings. The molecular formula is C54H35NO. The molecule has 0 aliphatic carbocycles. The van der Waals surface area contributed by atoms with Crippen molar-refractivity contribution in [1.82, 2.24) is 0 Å². The molecule has 262 valence electrons. The smallest absolute Gasteiger partial charge is 0.160 e. The maximum atomic E-state index is 7.32. The summed E-state index contributed by atoms with van der Waals surface area (Å²) >= 11 is 0. The van der Waals surface area contributed by atoms with Gasteiger partial charge >= 0.3 is 0 Å². The first-order valence-electron chi connectivity index (χ1n) is 19.2. The standard InChI is InChI=1S/C54H35NO/c1-3-13-36(14-4-1)39-25-29-43(30-26-39)55(44-31-27-40(28-32-44)37-15-5-2-6-16-37)52-45(42-24-23-38-17-7-8-18-41(38)35-42)33-34-50-51-48-21-11-9-19-46(48)47-20-10-12-22-49(47)53(51)56-54(50)52/h1-35H. The van der Waals surface area contributed by atoms with Crippen LogP contribution in [0, 0.1) is 0 Å². The third kappa shape index (κ3) is 5.26. The minimum Gasteiger partial charge on any atom is -0.453 e. The number of rotatable bonds is 6. The fourth-order valence-corrected chi connectivity index (χ4v) is 8.54. The number of benzene rings is 10. The highest BCUT2D eigenvalue weighted by Crippen LogP contribution is 2.50. The van der Waals surface area contributed by atoms with Gasteiger partial charge in [0.25, 0.3) is 0 Å². The molecule has 0 saturated carbocycles. The summed E-state index contributed by atoms with van der Waals surface area (Å²) in [6.45, 7) is 0. The van der Waals surface area contributed by atoms with Gasteiger partial charge in [0.15, 0.2) is 5.58 Å². The molecule has 0 radical (unpaired) electrons. The maximum absolute atomic E-state index is 7.32. The fourth-order valence-electron chi connectivity index (χ4n) is 8.54. The first kappa shape index (κ1) is 32.0. The molecule has 0 N–H and O–H groups in total. The molecule has 2 nitrogen and oxygen atoms in total. The lowest BCUT2D eigenvalue weighted by Gasteiger charge is -2.28. The van der Waals surface area contributed by atoms with E-state index in [4.69, 9.17) is 4.42 Å². The summed E-state index contributed by atoms with van der Waals surface area (Å²) in [7, 11) is 0. The van der Waals surface area contributed by atoms with Gasteiger partial charge in [-0.1, -0.05) is 176 Å². The Morgan fingerprint density at radius 3 is 1.41 bits per heavy atom. The molecular weight excluding hydrogens is 679 g/mol. The van der Waals surface area contributed by atoms with Gasteiger partial charge in [-0.3, -0.25) is 0 Å². The van der Waals surface area contributed by atoms with Gasteiger partial charge in [0.2, 0.25) is 0 Å². The third-order valence-electron chi connectivity index (χ3n) is 11.2. The lowest BCUT2D eigenvalue weighted by atomic mass is 9.94. The Morgan fingerprint density at radius 2 is 0.786 bits per heavy atom. The summed E-state index contributed by atoms with van der Waals surface area (Å²) in [5, 5.41) is 9.36. The Morgan fingerprint density at radius 1 is 0.304 bits per heavy atom. The molecule has 0 amide bonds. The van der Waals surface area contributed by atoms with Gasteiger partial charge in [-0.05, 0) is 91.1 Å². The first-order chi connectivity index (χ1) is 27.8. The van der Waals surface area contributed by atoms with E-state index < -0.39 is 0 Å². The molecule has 10 aromatic carbocycles. The molecule has 56 heavy (non-hydrogen) atoms. The van der Waals surface area contributed by atoms with Crippen LogP contribution in [0.5, 0.6) is 0 Å². The fraction of sp³-hybridized carbons (Fsp3) is 0. The maximum Gasteiger partial charge on any atom is 0.160 e. The zero-order chi connectivity index (χ0) is 37.0. The van der Waals surface area contributed by atoms with E-state index >= 15 is 0 Å². The summed E-state index contributed by atoms with van der Waals surface area (Å²) in [5.74, 6) is 0. The van der Waals surface area contributed by atoms with Crippen LogP contribution in [0.4, 0.5) is 17.1 Å². The number of anilines is 3. The zero-order valence-electron chi connectivity index (χ0n) is 30.6. The van der Waals surface area contributed by atoms with Crippen LogP contribution in [-0.4, -0.2) is 0 Å². The van der Waals surface area contributed by atoms with Crippen molar-refractivity contribution in [2.45, 2.75) is 0 Å². The van der Waals surface area contributed by atoms with E-state index in [9.17, 15) is 0 Å². The van der Waals surface area contributed by atoms with E-state index in [1.807, 2.05) is 0 Å². The lowest BCUT2D eigenvalue weighted by molar-refractivity contribution is 0.673. The summed E-state index contributed by atoms with van der Waals surface area (Å²) in [6, 6.07) is 76.3. The molecule has 1 aromatic heterocycles. The highest BCUT2D eigenvalue weighted by Gasteiger charge is 2.26. The average molecular weight is 714 g/mol. The van der Waals surface area contributed by atoms with Gasteiger partial charge in [-0.15, -0.1) is 0 Å². The summed E-state index contributed by atoms with van der Waals surface area (Å²) < 4.78 is 7.32. The largest absolute Gasteiger partial charge is 0.453 e. The van der Waals surface area contributed by atoms with Crippen LogP contribution in [0.1, 0.15) is 0 Å². The Balaban J connectivity index is 1.24. The lowest BCUT2D eigenvalue weighted by Crippen LogP contribution is -2.11. The molecule has 0 aliphatic rings. The molecule has 2 heteroatoms. The van der Waals surface area contributed by atoms with Crippen molar-refractivity contribution in [2.24, 2.45) is 0 Å². The van der Waals surface area contributed by atoms with Gasteiger partial charge in [0, 0.05) is 33.1 Å². The number of furan rings is 1. The van der Waals surface area contributed by atoms with Crippen LogP contribution in [0.3, 0.4) is 0 Å². The van der Waals surface area contributed by atoms with E-state index in [1.165, 1.54) is 49.2 Å². The Bertz CT molecular complexity index is 3130. The molecule has 0 saturated heterocycles. The molecule has 0 unspecified atom stereocenters. The number of nitrogens with zero attached hydrogens (tertiary/aromatic N) is 1. The Hall–Kier alpha value is -7.42. The van der Waals surface area contributed by atoms with Gasteiger partial charge in [-0.25, -0.2) is 0 Å². The second-order valence-corrected chi connectivity index (χ2v) is 14.5. The van der Waals surface area contributed by atoms with E-state index in [2.05, 4.69) is 217 Å². The zero-order valence-corrected chi connectivity index (χ0v) is 30.6. The van der Waals surface area contributed by atoms with E-state index in [0.717, 1.165) is 55.5 Å². The van der Waals surface area contributed by atoms with Crippen molar-refractivity contribution >= 4 is 71.3 Å². The van der Waals surface area contributed by atoms with Crippen molar-refractivity contribution in [3.8, 4) is 33.4 Å². The summed E-state index contributed by atoms with van der Waals surface area (Å²) in [5.41, 5.74) is 11.8. The monoisotopic (exact) mass is 713 g/mol. The minimum absolute atomic E-state index is 0.853. The highest BCUT2D eigenvalue weighted by molar-refractivity contribution is 6.31. The quantitative estimate of drug-likeness (QED) is 0.160. The molecule has 0 aliphatic heterocycles. The number of hydrogen-bond acceptors (Lipinski definition) is 2. The second kappa shape index (κ2) is 13.2. The van der Waals surface area contributed by atoms with Crippen LogP contribution in [-0.2, 0) is 0 Å². The molecule has 0 bridgehead atoms. The molecule has 11 aromatic rings. The second-order valence-electron chi connectivity index (χ2n) is 14.5. The third-order valence-corrected chi connectivity index (χ3v) is 11.2. The summed E-state index contributed by atoms with van der Waals surface area (Å²) in [4.78, 5) is 2.39. The van der Waals surface area contributed by atoms with Gasteiger partial charge in [-0.2, -0.15) is 0 Å². The van der Waals surface area contributed by atoms with Crippen molar-refractivity contribution in [3.05, 3.63) is 212 Å². The van der Waals surface area contributed by atoms with E-state index in [0.29, 0.717) is 0 Å². The predicted molar refractivity (Wildman–Crippen MR) is 237 cm³/mol. The van der Waals surface area contributed by atoms with Crippen LogP contribution in [0.15, 0.2) is 217 Å². The normalized spacial score (nSPS) is 11.6. The van der Waals surface area contributed by atoms with Gasteiger partial charge in [0.05, 0.1) is 5.69 Å². The SMILES string of the molecule is c1ccc(-c2ccc(N(c3ccc(-c4ccccc4)cc3)c3c(-c4ccc5ccccc5c4)ccc4c3oc3c5ccccc5c5ccccc5c43)cc2)cc1. The predicted octanol–water partition coefficient (Wildman–Crippen LogP) is 15.5. The molecule has 0 atom stereocenters. The van der Waals surface area contributed by atoms with Crippen molar-refractivity contribution in [3.63, 3.8) is 0 Å². The topological polar surface area (TPSA) is 16.4 Å². The highest BCUT2D eigenvalue weighted by atomic mass is 16.3. The first-order valence-corrected chi connectivity index (χ1v) is 19.2. The van der Waals surface area contributed by atoms with Crippen LogP contribution in [0.2, 0.25) is 0 Å². The van der Waals surface area contributed by atoms with Crippen molar-refractivity contribution in [1.29, 1.82) is 0 Å². The molecule has 1 heterocycles. The molecule has 0 spiro atoms. The van der Waals surface area contributed by atoms with E-state index in [1.54, 1.807) is 0 Å². The Labute approximate surface area is 325 Å². The van der Waals surface area contributed by atoms with Gasteiger partial charge in [0.1, 0.15) is 5.58 Å². The van der Waals surface area contributed by atoms with Crippen LogP contribution >= 0.6 is 0 Å². The number of hydrogen-bond donors (Lipinski definition) is 0. The van der Waals surface area contributed by atoms with E-state index in [-0.39, 0.29) is 0 Å². The van der Waals surface area contributed by atoms with Crippen molar-refractivity contribution in [2.75, 3.05) is 4.90 Å². The van der Waals surface area contributed by atoms with Crippen molar-refractivity contribution < 1.29 is 4.42 Å². The Kier molecular flexibility index (Phi) is 7.53. The molecule has 11 rings (SSSR count). The number of fused-ring (bicyclic) bond motifs is 9. The van der Waals surface area contributed by atoms with Crippen LogP contribution < -0.4 is 4.90 Å². The minimum atomic E-state index is 0.853. The van der Waals surface area contributed by atoms with Crippen LogP contribution in [0.25, 0.3) is 87.6 Å². The average Bonchev–Trinajstić information content (AvgIpc) is 3.68.